The number of sulfonamides is 1. The molecule has 5 rings (SSSR count). The quantitative estimate of drug-likeness (QED) is 0.150. The van der Waals surface area contributed by atoms with E-state index >= 15 is 0 Å². The van der Waals surface area contributed by atoms with E-state index in [1.165, 1.54) is 15.4 Å². The predicted octanol–water partition coefficient (Wildman–Crippen LogP) is 6.87. The Morgan fingerprint density at radius 1 is 0.814 bits per heavy atom. The van der Waals surface area contributed by atoms with Crippen molar-refractivity contribution in [1.82, 2.24) is 9.99 Å². The largest absolute Gasteiger partial charge is 0.317 e. The summed E-state index contributed by atoms with van der Waals surface area (Å²) in [6.45, 7) is 8.29. The third-order valence-electron chi connectivity index (χ3n) is 7.42. The number of hydrazone groups is 1. The van der Waals surface area contributed by atoms with Gasteiger partial charge < -0.3 is 4.57 Å². The lowest BCUT2D eigenvalue weighted by molar-refractivity contribution is 0.0955. The molecule has 0 radical (unpaired) electrons. The number of carbonyl (C=O) groups excluding carboxylic acids is 1. The van der Waals surface area contributed by atoms with E-state index in [0.717, 1.165) is 28.2 Å². The number of carbonyl (C=O) groups is 1. The van der Waals surface area contributed by atoms with Gasteiger partial charge in [0.25, 0.3) is 15.9 Å². The molecule has 0 spiro atoms. The van der Waals surface area contributed by atoms with Crippen LogP contribution >= 0.6 is 0 Å². The van der Waals surface area contributed by atoms with Crippen LogP contribution in [0.2, 0.25) is 0 Å². The lowest BCUT2D eigenvalue weighted by Gasteiger charge is -2.26. The zero-order valence-corrected chi connectivity index (χ0v) is 25.5. The van der Waals surface area contributed by atoms with Crippen molar-refractivity contribution in [1.29, 1.82) is 0 Å². The van der Waals surface area contributed by atoms with Crippen molar-refractivity contribution in [3.63, 3.8) is 0 Å². The summed E-state index contributed by atoms with van der Waals surface area (Å²) in [6.07, 6.45) is 1.62. The van der Waals surface area contributed by atoms with Gasteiger partial charge in [0.1, 0.15) is 0 Å². The molecule has 0 aliphatic carbocycles. The second-order valence-corrected chi connectivity index (χ2v) is 12.3. The van der Waals surface area contributed by atoms with E-state index in [1.807, 2.05) is 56.3 Å². The zero-order valence-electron chi connectivity index (χ0n) is 24.7. The summed E-state index contributed by atoms with van der Waals surface area (Å²) in [4.78, 5) is 13.6. The summed E-state index contributed by atoms with van der Waals surface area (Å²) in [5, 5.41) is 4.27. The molecule has 7 nitrogen and oxygen atoms in total. The van der Waals surface area contributed by atoms with Gasteiger partial charge in [0.05, 0.1) is 34.6 Å². The first kappa shape index (κ1) is 29.5. The number of anilines is 1. The normalized spacial score (nSPS) is 11.5. The van der Waals surface area contributed by atoms with Gasteiger partial charge in [-0.3, -0.25) is 9.10 Å². The molecule has 0 atom stereocenters. The minimum atomic E-state index is -4.00. The molecule has 0 aliphatic heterocycles. The molecule has 0 fully saturated rings. The number of amides is 1. The molecular formula is C35H34N4O3S. The highest BCUT2D eigenvalue weighted by atomic mass is 32.2. The van der Waals surface area contributed by atoms with Crippen LogP contribution in [-0.4, -0.2) is 25.1 Å². The second kappa shape index (κ2) is 12.5. The molecule has 0 aliphatic rings. The van der Waals surface area contributed by atoms with Crippen LogP contribution in [0.5, 0.6) is 0 Å². The Kier molecular flexibility index (Phi) is 8.59. The van der Waals surface area contributed by atoms with Crippen LogP contribution in [0.4, 0.5) is 5.69 Å². The molecule has 0 bridgehead atoms. The molecule has 0 saturated carbocycles. The van der Waals surface area contributed by atoms with Crippen molar-refractivity contribution in [2.24, 2.45) is 5.10 Å². The van der Waals surface area contributed by atoms with Crippen LogP contribution in [-0.2, 0) is 16.6 Å². The van der Waals surface area contributed by atoms with Gasteiger partial charge in [-0.15, -0.1) is 0 Å². The first-order valence-electron chi connectivity index (χ1n) is 14.0. The third kappa shape index (κ3) is 6.15. The number of benzene rings is 4. The van der Waals surface area contributed by atoms with Crippen LogP contribution in [0.3, 0.4) is 0 Å². The Bertz CT molecular complexity index is 1880. The van der Waals surface area contributed by atoms with Gasteiger partial charge in [-0.1, -0.05) is 78.9 Å². The lowest BCUT2D eigenvalue weighted by Crippen LogP contribution is -2.33. The number of hydrogen-bond acceptors (Lipinski definition) is 4. The number of hydrogen-bond donors (Lipinski definition) is 1. The molecule has 218 valence electrons. The fourth-order valence-electron chi connectivity index (χ4n) is 5.29. The minimum Gasteiger partial charge on any atom is -0.317 e. The topological polar surface area (TPSA) is 83.8 Å². The minimum absolute atomic E-state index is 0.0515. The van der Waals surface area contributed by atoms with Crippen LogP contribution in [0.1, 0.15) is 44.0 Å². The van der Waals surface area contributed by atoms with Gasteiger partial charge in [0.2, 0.25) is 0 Å². The summed E-state index contributed by atoms with van der Waals surface area (Å²) in [7, 11) is -4.00. The highest BCUT2D eigenvalue weighted by Crippen LogP contribution is 2.30. The first-order valence-corrected chi connectivity index (χ1v) is 15.4. The van der Waals surface area contributed by atoms with Crippen molar-refractivity contribution in [2.45, 2.75) is 39.1 Å². The maximum absolute atomic E-state index is 13.9. The summed E-state index contributed by atoms with van der Waals surface area (Å²) in [6, 6.07) is 32.4. The molecule has 1 heterocycles. The molecule has 0 saturated heterocycles. The Morgan fingerprint density at radius 3 is 2.09 bits per heavy atom. The predicted molar refractivity (Wildman–Crippen MR) is 172 cm³/mol. The molecule has 0 unspecified atom stereocenters. The van der Waals surface area contributed by atoms with Gasteiger partial charge in [0.15, 0.2) is 0 Å². The van der Waals surface area contributed by atoms with E-state index in [2.05, 4.69) is 41.1 Å². The molecule has 1 aromatic heterocycles. The van der Waals surface area contributed by atoms with E-state index in [4.69, 9.17) is 0 Å². The van der Waals surface area contributed by atoms with Gasteiger partial charge >= 0.3 is 0 Å². The molecule has 1 N–H and O–H groups in total. The SMILES string of the molecule is Cc1cccc(C)c1-n1c(C)cc(/C=N\NC(=O)c2ccccc2N(Cc2ccccc2)S(=O)(=O)c2ccccc2)c1C. The van der Waals surface area contributed by atoms with Crippen molar-refractivity contribution in [2.75, 3.05) is 4.31 Å². The van der Waals surface area contributed by atoms with Crippen LogP contribution in [0.15, 0.2) is 119 Å². The van der Waals surface area contributed by atoms with E-state index in [9.17, 15) is 13.2 Å². The van der Waals surface area contributed by atoms with Gasteiger partial charge in [0, 0.05) is 17.0 Å². The average Bonchev–Trinajstić information content (AvgIpc) is 3.28. The number of aryl methyl sites for hydroxylation is 3. The third-order valence-corrected chi connectivity index (χ3v) is 9.19. The monoisotopic (exact) mass is 590 g/mol. The van der Waals surface area contributed by atoms with E-state index in [-0.39, 0.29) is 22.7 Å². The number of nitrogens with zero attached hydrogens (tertiary/aromatic N) is 3. The summed E-state index contributed by atoms with van der Waals surface area (Å²) >= 11 is 0. The standard InChI is InChI=1S/C35H34N4O3S/c1-25-14-13-15-26(2)34(25)39-27(3)22-30(28(39)4)23-36-37-35(40)32-20-11-12-21-33(32)38(24-29-16-7-5-8-17-29)43(41,42)31-18-9-6-10-19-31/h5-23H,24H2,1-4H3,(H,37,40)/b36-23-. The van der Waals surface area contributed by atoms with Crippen LogP contribution in [0.25, 0.3) is 5.69 Å². The molecule has 5 aromatic rings. The summed E-state index contributed by atoms with van der Waals surface area (Å²) < 4.78 is 31.3. The number of rotatable bonds is 9. The maximum Gasteiger partial charge on any atom is 0.273 e. The summed E-state index contributed by atoms with van der Waals surface area (Å²) in [5.74, 6) is -0.517. The highest BCUT2D eigenvalue weighted by molar-refractivity contribution is 7.92. The molecule has 43 heavy (non-hydrogen) atoms. The van der Waals surface area contributed by atoms with Crippen molar-refractivity contribution in [3.8, 4) is 5.69 Å². The Hall–Kier alpha value is -4.95. The van der Waals surface area contributed by atoms with Crippen LogP contribution in [0, 0.1) is 27.7 Å². The van der Waals surface area contributed by atoms with Gasteiger partial charge in [-0.25, -0.2) is 13.8 Å². The number of aromatic nitrogens is 1. The highest BCUT2D eigenvalue weighted by Gasteiger charge is 2.28. The van der Waals surface area contributed by atoms with Crippen LogP contribution < -0.4 is 9.73 Å². The van der Waals surface area contributed by atoms with E-state index in [1.54, 1.807) is 60.8 Å². The fourth-order valence-corrected chi connectivity index (χ4v) is 6.79. The Balaban J connectivity index is 1.46. The van der Waals surface area contributed by atoms with Gasteiger partial charge in [-0.05, 0) is 74.7 Å². The smallest absolute Gasteiger partial charge is 0.273 e. The fraction of sp³-hybridized carbons (Fsp3) is 0.143. The second-order valence-electron chi connectivity index (χ2n) is 10.4. The van der Waals surface area contributed by atoms with E-state index < -0.39 is 15.9 Å². The van der Waals surface area contributed by atoms with E-state index in [0.29, 0.717) is 0 Å². The molecular weight excluding hydrogens is 556 g/mol. The van der Waals surface area contributed by atoms with Gasteiger partial charge in [-0.2, -0.15) is 5.10 Å². The van der Waals surface area contributed by atoms with Crippen molar-refractivity contribution < 1.29 is 13.2 Å². The first-order chi connectivity index (χ1) is 20.7. The number of nitrogens with one attached hydrogen (secondary N) is 1. The molecule has 1 amide bonds. The van der Waals surface area contributed by atoms with Crippen molar-refractivity contribution in [3.05, 3.63) is 148 Å². The lowest BCUT2D eigenvalue weighted by atomic mass is 10.1. The Labute approximate surface area is 253 Å². The molecule has 4 aromatic carbocycles. The summed E-state index contributed by atoms with van der Waals surface area (Å²) in [5.41, 5.74) is 10.2. The Morgan fingerprint density at radius 2 is 1.42 bits per heavy atom. The van der Waals surface area contributed by atoms with Crippen molar-refractivity contribution >= 4 is 27.8 Å². The zero-order chi connectivity index (χ0) is 30.6. The molecule has 8 heteroatoms. The maximum atomic E-state index is 13.9. The average molecular weight is 591 g/mol. The number of para-hydroxylation sites is 2.